The summed E-state index contributed by atoms with van der Waals surface area (Å²) >= 11 is 0. The van der Waals surface area contributed by atoms with Crippen LogP contribution in [0.2, 0.25) is 0 Å². The first-order chi connectivity index (χ1) is 9.95. The highest BCUT2D eigenvalue weighted by atomic mass is 19.4. The fourth-order valence-corrected chi connectivity index (χ4v) is 2.98. The van der Waals surface area contributed by atoms with E-state index in [0.717, 1.165) is 11.3 Å². The van der Waals surface area contributed by atoms with Gasteiger partial charge in [-0.15, -0.1) is 0 Å². The molecule has 1 heterocycles. The third-order valence-electron chi connectivity index (χ3n) is 4.12. The zero-order chi connectivity index (χ0) is 15.0. The maximum atomic E-state index is 12.8. The van der Waals surface area contributed by atoms with Gasteiger partial charge in [-0.2, -0.15) is 13.2 Å². The van der Waals surface area contributed by atoms with Crippen molar-refractivity contribution in [1.29, 1.82) is 0 Å². The van der Waals surface area contributed by atoms with Gasteiger partial charge in [0.15, 0.2) is 0 Å². The number of rotatable bonds is 3. The van der Waals surface area contributed by atoms with E-state index in [4.69, 9.17) is 4.74 Å². The number of halogens is 3. The lowest BCUT2D eigenvalue weighted by molar-refractivity contribution is -0.189. The second-order valence-electron chi connectivity index (χ2n) is 5.60. The number of hydrogen-bond acceptors (Lipinski definition) is 2. The lowest BCUT2D eigenvalue weighted by Gasteiger charge is -2.33. The summed E-state index contributed by atoms with van der Waals surface area (Å²) in [5, 5.41) is 0. The number of amides is 1. The summed E-state index contributed by atoms with van der Waals surface area (Å²) in [6, 6.07) is 8.37. The molecule has 2 aliphatic rings. The quantitative estimate of drug-likeness (QED) is 0.804. The van der Waals surface area contributed by atoms with Gasteiger partial charge in [-0.25, -0.2) is 0 Å². The summed E-state index contributed by atoms with van der Waals surface area (Å²) in [7, 11) is 0. The Morgan fingerprint density at radius 2 is 1.90 bits per heavy atom. The molecule has 6 heteroatoms. The molecular weight excluding hydrogens is 283 g/mol. The Morgan fingerprint density at radius 1 is 1.19 bits per heavy atom. The Morgan fingerprint density at radius 3 is 2.52 bits per heavy atom. The third-order valence-corrected chi connectivity index (χ3v) is 4.12. The molecule has 0 aromatic heterocycles. The number of carbonyl (C=O) groups is 1. The van der Waals surface area contributed by atoms with Crippen LogP contribution >= 0.6 is 0 Å². The van der Waals surface area contributed by atoms with Crippen molar-refractivity contribution in [3.8, 4) is 0 Å². The van der Waals surface area contributed by atoms with Gasteiger partial charge in [0.2, 0.25) is 0 Å². The highest BCUT2D eigenvalue weighted by molar-refractivity contribution is 5.82. The summed E-state index contributed by atoms with van der Waals surface area (Å²) in [5.41, 5.74) is 0.703. The van der Waals surface area contributed by atoms with Crippen molar-refractivity contribution in [3.05, 3.63) is 35.9 Å². The predicted molar refractivity (Wildman–Crippen MR) is 69.3 cm³/mol. The molecule has 1 saturated carbocycles. The lowest BCUT2D eigenvalue weighted by atomic mass is 9.93. The SMILES string of the molecule is O=C(N(Cc1ccccc1)[C@@H]1CC[C@H]2O[C@H]2C1)C(F)(F)F. The molecule has 2 fully saturated rings. The predicted octanol–water partition coefficient (Wildman–Crippen LogP) is 2.90. The summed E-state index contributed by atoms with van der Waals surface area (Å²) in [6.07, 6.45) is -2.82. The van der Waals surface area contributed by atoms with Gasteiger partial charge in [0.05, 0.1) is 12.2 Å². The van der Waals surface area contributed by atoms with Gasteiger partial charge in [0, 0.05) is 12.6 Å². The summed E-state index contributed by atoms with van der Waals surface area (Å²) < 4.78 is 43.9. The molecule has 21 heavy (non-hydrogen) atoms. The molecular formula is C15H16F3NO2. The fourth-order valence-electron chi connectivity index (χ4n) is 2.98. The van der Waals surface area contributed by atoms with Crippen molar-refractivity contribution in [2.24, 2.45) is 0 Å². The Bertz CT molecular complexity index is 517. The first-order valence-corrected chi connectivity index (χ1v) is 7.02. The molecule has 0 unspecified atom stereocenters. The van der Waals surface area contributed by atoms with Crippen molar-refractivity contribution in [2.75, 3.05) is 0 Å². The number of alkyl halides is 3. The number of fused-ring (bicyclic) bond motifs is 1. The zero-order valence-corrected chi connectivity index (χ0v) is 11.3. The number of nitrogens with zero attached hydrogens (tertiary/aromatic N) is 1. The van der Waals surface area contributed by atoms with E-state index >= 15 is 0 Å². The smallest absolute Gasteiger partial charge is 0.370 e. The highest BCUT2D eigenvalue weighted by Crippen LogP contribution is 2.39. The van der Waals surface area contributed by atoms with Gasteiger partial charge in [0.1, 0.15) is 0 Å². The topological polar surface area (TPSA) is 32.8 Å². The molecule has 1 saturated heterocycles. The maximum Gasteiger partial charge on any atom is 0.471 e. The second kappa shape index (κ2) is 5.33. The largest absolute Gasteiger partial charge is 0.471 e. The minimum absolute atomic E-state index is 0.0127. The van der Waals surface area contributed by atoms with Crippen LogP contribution in [0.5, 0.6) is 0 Å². The van der Waals surface area contributed by atoms with Crippen molar-refractivity contribution in [2.45, 2.75) is 50.2 Å². The highest BCUT2D eigenvalue weighted by Gasteiger charge is 2.50. The molecule has 3 atom stereocenters. The number of ether oxygens (including phenoxy) is 1. The number of hydrogen-bond donors (Lipinski definition) is 0. The van der Waals surface area contributed by atoms with Crippen LogP contribution in [-0.2, 0) is 16.1 Å². The third kappa shape index (κ3) is 3.20. The monoisotopic (exact) mass is 299 g/mol. The Kier molecular flexibility index (Phi) is 3.65. The molecule has 3 nitrogen and oxygen atoms in total. The number of carbonyl (C=O) groups excluding carboxylic acids is 1. The van der Waals surface area contributed by atoms with Gasteiger partial charge in [0.25, 0.3) is 0 Å². The Balaban J connectivity index is 1.78. The van der Waals surface area contributed by atoms with Crippen LogP contribution in [-0.4, -0.2) is 35.2 Å². The van der Waals surface area contributed by atoms with E-state index < -0.39 is 18.1 Å². The summed E-state index contributed by atoms with van der Waals surface area (Å²) in [5.74, 6) is -1.75. The average Bonchev–Trinajstić information content (AvgIpc) is 3.22. The first kappa shape index (κ1) is 14.4. The van der Waals surface area contributed by atoms with Gasteiger partial charge in [-0.1, -0.05) is 30.3 Å². The molecule has 0 radical (unpaired) electrons. The molecule has 1 aromatic carbocycles. The molecule has 1 amide bonds. The Hall–Kier alpha value is -1.56. The summed E-state index contributed by atoms with van der Waals surface area (Å²) in [6.45, 7) is -0.0127. The van der Waals surface area contributed by atoms with E-state index in [1.165, 1.54) is 0 Å². The van der Waals surface area contributed by atoms with Crippen LogP contribution in [0.15, 0.2) is 30.3 Å². The van der Waals surface area contributed by atoms with Crippen LogP contribution in [0.4, 0.5) is 13.2 Å². The van der Waals surface area contributed by atoms with Gasteiger partial charge < -0.3 is 9.64 Å². The van der Waals surface area contributed by atoms with Crippen LogP contribution in [0.1, 0.15) is 24.8 Å². The van der Waals surface area contributed by atoms with Crippen LogP contribution in [0.3, 0.4) is 0 Å². The minimum atomic E-state index is -4.84. The number of epoxide rings is 1. The van der Waals surface area contributed by atoms with Crippen LogP contribution < -0.4 is 0 Å². The standard InChI is InChI=1S/C15H16F3NO2/c16-15(17,18)14(20)19(9-10-4-2-1-3-5-10)11-6-7-12-13(8-11)21-12/h1-5,11-13H,6-9H2/t11-,12-,13+/m1/s1. The van der Waals surface area contributed by atoms with E-state index in [-0.39, 0.29) is 18.8 Å². The van der Waals surface area contributed by atoms with Gasteiger partial charge >= 0.3 is 12.1 Å². The van der Waals surface area contributed by atoms with Crippen molar-refractivity contribution < 1.29 is 22.7 Å². The van der Waals surface area contributed by atoms with Crippen molar-refractivity contribution in [1.82, 2.24) is 4.90 Å². The molecule has 3 rings (SSSR count). The zero-order valence-electron chi connectivity index (χ0n) is 11.3. The fraction of sp³-hybridized carbons (Fsp3) is 0.533. The minimum Gasteiger partial charge on any atom is -0.370 e. The van der Waals surface area contributed by atoms with Gasteiger partial charge in [-0.3, -0.25) is 4.79 Å². The molecule has 114 valence electrons. The molecule has 1 aliphatic carbocycles. The van der Waals surface area contributed by atoms with E-state index in [2.05, 4.69) is 0 Å². The lowest BCUT2D eigenvalue weighted by Crippen LogP contribution is -2.48. The van der Waals surface area contributed by atoms with E-state index in [1.54, 1.807) is 30.3 Å². The van der Waals surface area contributed by atoms with Crippen molar-refractivity contribution >= 4 is 5.91 Å². The Labute approximate surface area is 120 Å². The number of benzene rings is 1. The van der Waals surface area contributed by atoms with Gasteiger partial charge in [-0.05, 0) is 24.8 Å². The van der Waals surface area contributed by atoms with E-state index in [0.29, 0.717) is 18.4 Å². The van der Waals surface area contributed by atoms with E-state index in [1.807, 2.05) is 0 Å². The molecule has 1 aliphatic heterocycles. The second-order valence-corrected chi connectivity index (χ2v) is 5.60. The van der Waals surface area contributed by atoms with Crippen LogP contribution in [0, 0.1) is 0 Å². The molecule has 1 aromatic rings. The molecule has 0 N–H and O–H groups in total. The van der Waals surface area contributed by atoms with Crippen molar-refractivity contribution in [3.63, 3.8) is 0 Å². The normalized spacial score (nSPS) is 27.9. The molecule has 0 spiro atoms. The van der Waals surface area contributed by atoms with Crippen LogP contribution in [0.25, 0.3) is 0 Å². The summed E-state index contributed by atoms with van der Waals surface area (Å²) in [4.78, 5) is 12.7. The molecule has 0 bridgehead atoms. The maximum absolute atomic E-state index is 12.8. The average molecular weight is 299 g/mol. The van der Waals surface area contributed by atoms with E-state index in [9.17, 15) is 18.0 Å². The first-order valence-electron chi connectivity index (χ1n) is 7.02.